The maximum Gasteiger partial charge on any atom is 0.226 e. The quantitative estimate of drug-likeness (QED) is 0.833. The first-order valence-corrected chi connectivity index (χ1v) is 7.13. The molecular formula is C12H18N4OS. The average Bonchev–Trinajstić information content (AvgIpc) is 3.04. The van der Waals surface area contributed by atoms with Crippen LogP contribution < -0.4 is 5.73 Å². The predicted molar refractivity (Wildman–Crippen MR) is 71.2 cm³/mol. The van der Waals surface area contributed by atoms with Gasteiger partial charge in [-0.15, -0.1) is 11.3 Å². The topological polar surface area (TPSA) is 77.8 Å². The minimum Gasteiger partial charge on any atom is -0.339 e. The summed E-state index contributed by atoms with van der Waals surface area (Å²) in [6.45, 7) is 2.94. The van der Waals surface area contributed by atoms with E-state index in [2.05, 4.69) is 22.0 Å². The van der Waals surface area contributed by atoms with Gasteiger partial charge in [0.25, 0.3) is 0 Å². The molecule has 18 heavy (non-hydrogen) atoms. The summed E-state index contributed by atoms with van der Waals surface area (Å²) in [6.07, 6.45) is 5.84. The highest BCUT2D eigenvalue weighted by Gasteiger charge is 2.12. The second-order valence-electron chi connectivity index (χ2n) is 4.27. The van der Waals surface area contributed by atoms with Gasteiger partial charge < -0.3 is 10.3 Å². The predicted octanol–water partition coefficient (Wildman–Crippen LogP) is 2.50. The van der Waals surface area contributed by atoms with Crippen molar-refractivity contribution in [2.75, 3.05) is 6.54 Å². The second-order valence-corrected chi connectivity index (χ2v) is 5.15. The Hall–Kier alpha value is -1.27. The molecule has 0 saturated carbocycles. The van der Waals surface area contributed by atoms with Gasteiger partial charge in [0, 0.05) is 12.6 Å². The average molecular weight is 266 g/mol. The minimum absolute atomic E-state index is 0.638. The molecule has 2 aromatic rings. The zero-order valence-corrected chi connectivity index (χ0v) is 11.3. The molecule has 0 aliphatic rings. The number of aryl methyl sites for hydroxylation is 1. The fourth-order valence-electron chi connectivity index (χ4n) is 1.90. The van der Waals surface area contributed by atoms with Crippen molar-refractivity contribution in [2.45, 2.75) is 32.6 Å². The van der Waals surface area contributed by atoms with Crippen molar-refractivity contribution < 1.29 is 4.52 Å². The Morgan fingerprint density at radius 3 is 3.00 bits per heavy atom. The largest absolute Gasteiger partial charge is 0.339 e. The molecular weight excluding hydrogens is 248 g/mol. The highest BCUT2D eigenvalue weighted by Crippen LogP contribution is 2.21. The molecule has 2 N–H and O–H groups in total. The van der Waals surface area contributed by atoms with Crippen LogP contribution in [-0.2, 0) is 6.42 Å². The van der Waals surface area contributed by atoms with Crippen LogP contribution in [0.5, 0.6) is 0 Å². The lowest BCUT2D eigenvalue weighted by Crippen LogP contribution is -2.09. The molecule has 0 saturated heterocycles. The maximum atomic E-state index is 5.59. The van der Waals surface area contributed by atoms with E-state index in [1.165, 1.54) is 11.3 Å². The number of rotatable bonds is 7. The van der Waals surface area contributed by atoms with E-state index in [9.17, 15) is 0 Å². The van der Waals surface area contributed by atoms with Crippen LogP contribution in [-0.4, -0.2) is 21.7 Å². The number of thiazole rings is 1. The lowest BCUT2D eigenvalue weighted by molar-refractivity contribution is 0.354. The molecule has 0 aromatic carbocycles. The van der Waals surface area contributed by atoms with Gasteiger partial charge in [0.15, 0.2) is 0 Å². The molecule has 0 fully saturated rings. The van der Waals surface area contributed by atoms with Crippen molar-refractivity contribution >= 4 is 11.3 Å². The Balaban J connectivity index is 1.91. The van der Waals surface area contributed by atoms with E-state index in [1.807, 2.05) is 0 Å². The van der Waals surface area contributed by atoms with Crippen LogP contribution in [0.1, 0.15) is 32.1 Å². The van der Waals surface area contributed by atoms with E-state index >= 15 is 0 Å². The Bertz CT molecular complexity index is 454. The van der Waals surface area contributed by atoms with Crippen LogP contribution in [0.25, 0.3) is 10.7 Å². The summed E-state index contributed by atoms with van der Waals surface area (Å²) in [5, 5.41) is 3.97. The zero-order chi connectivity index (χ0) is 12.8. The van der Waals surface area contributed by atoms with Crippen molar-refractivity contribution in [3.63, 3.8) is 0 Å². The van der Waals surface area contributed by atoms with Gasteiger partial charge in [-0.25, -0.2) is 0 Å². The van der Waals surface area contributed by atoms with Gasteiger partial charge in [-0.1, -0.05) is 18.5 Å². The van der Waals surface area contributed by atoms with Gasteiger partial charge in [-0.3, -0.25) is 4.98 Å². The smallest absolute Gasteiger partial charge is 0.226 e. The lowest BCUT2D eigenvalue weighted by atomic mass is 9.97. The van der Waals surface area contributed by atoms with Crippen molar-refractivity contribution in [3.8, 4) is 10.7 Å². The summed E-state index contributed by atoms with van der Waals surface area (Å²) < 4.78 is 5.25. The molecule has 0 aliphatic heterocycles. The third-order valence-corrected chi connectivity index (χ3v) is 3.81. The van der Waals surface area contributed by atoms with E-state index in [1.54, 1.807) is 11.7 Å². The molecule has 2 rings (SSSR count). The molecule has 0 bridgehead atoms. The molecule has 6 heteroatoms. The van der Waals surface area contributed by atoms with Crippen LogP contribution in [0.15, 0.2) is 16.2 Å². The normalized spacial score (nSPS) is 12.8. The van der Waals surface area contributed by atoms with E-state index in [0.29, 0.717) is 17.6 Å². The lowest BCUT2D eigenvalue weighted by Gasteiger charge is -2.11. The fourth-order valence-corrected chi connectivity index (χ4v) is 2.44. The van der Waals surface area contributed by atoms with E-state index < -0.39 is 0 Å². The summed E-state index contributed by atoms with van der Waals surface area (Å²) in [7, 11) is 0. The molecule has 0 radical (unpaired) electrons. The second kappa shape index (κ2) is 6.61. The summed E-state index contributed by atoms with van der Waals surface area (Å²) >= 11 is 1.51. The van der Waals surface area contributed by atoms with E-state index in [4.69, 9.17) is 10.3 Å². The molecule has 2 heterocycles. The number of aromatic nitrogens is 3. The number of nitrogens with zero attached hydrogens (tertiary/aromatic N) is 3. The van der Waals surface area contributed by atoms with Gasteiger partial charge in [-0.2, -0.15) is 4.98 Å². The fraction of sp³-hybridized carbons (Fsp3) is 0.583. The third-order valence-electron chi connectivity index (χ3n) is 3.04. The van der Waals surface area contributed by atoms with Gasteiger partial charge in [0.1, 0.15) is 0 Å². The summed E-state index contributed by atoms with van der Waals surface area (Å²) in [5.74, 6) is 1.99. The summed E-state index contributed by atoms with van der Waals surface area (Å²) in [4.78, 5) is 9.33. The number of hydrogen-bond donors (Lipinski definition) is 1. The zero-order valence-electron chi connectivity index (χ0n) is 10.5. The first kappa shape index (κ1) is 13.2. The molecule has 0 aliphatic carbocycles. The summed E-state index contributed by atoms with van der Waals surface area (Å²) in [5.41, 5.74) is 7.35. The van der Waals surface area contributed by atoms with Crippen molar-refractivity contribution in [2.24, 2.45) is 11.7 Å². The van der Waals surface area contributed by atoms with Crippen molar-refractivity contribution in [1.29, 1.82) is 0 Å². The Kier molecular flexibility index (Phi) is 4.83. The van der Waals surface area contributed by atoms with Crippen LogP contribution in [0, 0.1) is 5.92 Å². The minimum atomic E-state index is 0.638. The SMILES string of the molecule is CCC(CCN)CCc1nc(-c2cncs2)no1. The Morgan fingerprint density at radius 2 is 2.33 bits per heavy atom. The van der Waals surface area contributed by atoms with Gasteiger partial charge in [0.2, 0.25) is 11.7 Å². The van der Waals surface area contributed by atoms with Crippen LogP contribution >= 0.6 is 11.3 Å². The highest BCUT2D eigenvalue weighted by molar-refractivity contribution is 7.13. The standard InChI is InChI=1S/C12H18N4OS/c1-2-9(5-6-13)3-4-11-15-12(16-17-11)10-7-14-8-18-10/h7-9H,2-6,13H2,1H3. The van der Waals surface area contributed by atoms with Gasteiger partial charge >= 0.3 is 0 Å². The van der Waals surface area contributed by atoms with E-state index in [-0.39, 0.29) is 0 Å². The first-order valence-electron chi connectivity index (χ1n) is 6.25. The molecule has 0 spiro atoms. The van der Waals surface area contributed by atoms with Gasteiger partial charge in [0.05, 0.1) is 10.4 Å². The van der Waals surface area contributed by atoms with Crippen LogP contribution in [0.3, 0.4) is 0 Å². The van der Waals surface area contributed by atoms with Crippen molar-refractivity contribution in [3.05, 3.63) is 17.6 Å². The molecule has 5 nitrogen and oxygen atoms in total. The summed E-state index contributed by atoms with van der Waals surface area (Å²) in [6, 6.07) is 0. The molecule has 1 atom stereocenters. The van der Waals surface area contributed by atoms with Crippen molar-refractivity contribution in [1.82, 2.24) is 15.1 Å². The highest BCUT2D eigenvalue weighted by atomic mass is 32.1. The monoisotopic (exact) mass is 266 g/mol. The third kappa shape index (κ3) is 3.36. The van der Waals surface area contributed by atoms with Crippen LogP contribution in [0.2, 0.25) is 0 Å². The van der Waals surface area contributed by atoms with Crippen LogP contribution in [0.4, 0.5) is 0 Å². The molecule has 1 unspecified atom stereocenters. The van der Waals surface area contributed by atoms with E-state index in [0.717, 1.165) is 37.1 Å². The first-order chi connectivity index (χ1) is 8.83. The Labute approximate surface area is 110 Å². The van der Waals surface area contributed by atoms with Gasteiger partial charge in [-0.05, 0) is 25.3 Å². The maximum absolute atomic E-state index is 5.59. The molecule has 2 aromatic heterocycles. The molecule has 98 valence electrons. The number of hydrogen-bond acceptors (Lipinski definition) is 6. The number of nitrogens with two attached hydrogens (primary N) is 1. The Morgan fingerprint density at radius 1 is 1.44 bits per heavy atom. The molecule has 0 amide bonds.